The molecule has 1 fully saturated rings. The Morgan fingerprint density at radius 3 is 2.55 bits per heavy atom. The molecule has 5 heteroatoms. The summed E-state index contributed by atoms with van der Waals surface area (Å²) < 4.78 is 3.89. The molecule has 0 bridgehead atoms. The third-order valence-corrected chi connectivity index (χ3v) is 4.53. The van der Waals surface area contributed by atoms with Crippen LogP contribution >= 0.6 is 11.5 Å². The van der Waals surface area contributed by atoms with Gasteiger partial charge in [0.05, 0.1) is 0 Å². The van der Waals surface area contributed by atoms with Gasteiger partial charge in [-0.1, -0.05) is 16.6 Å². The number of rotatable bonds is 4. The van der Waals surface area contributed by atoms with Crippen molar-refractivity contribution in [2.45, 2.75) is 31.7 Å². The zero-order chi connectivity index (χ0) is 13.8. The Kier molecular flexibility index (Phi) is 4.28. The third kappa shape index (κ3) is 3.35. The Morgan fingerprint density at radius 1 is 1.15 bits per heavy atom. The predicted molar refractivity (Wildman–Crippen MR) is 83.8 cm³/mol. The quantitative estimate of drug-likeness (QED) is 0.907. The second kappa shape index (κ2) is 6.33. The van der Waals surface area contributed by atoms with E-state index in [4.69, 9.17) is 5.73 Å². The van der Waals surface area contributed by atoms with Crippen molar-refractivity contribution in [3.05, 3.63) is 29.6 Å². The fourth-order valence-corrected chi connectivity index (χ4v) is 3.17. The van der Waals surface area contributed by atoms with E-state index in [9.17, 15) is 0 Å². The molecule has 20 heavy (non-hydrogen) atoms. The lowest BCUT2D eigenvalue weighted by Crippen LogP contribution is -2.29. The molecule has 106 valence electrons. The lowest BCUT2D eigenvalue weighted by atomic mass is 9.86. The molecule has 0 saturated heterocycles. The van der Waals surface area contributed by atoms with Crippen LogP contribution in [0.1, 0.15) is 25.7 Å². The maximum Gasteiger partial charge on any atom is 0.105 e. The van der Waals surface area contributed by atoms with Gasteiger partial charge in [-0.2, -0.15) is 0 Å². The molecule has 1 aromatic heterocycles. The monoisotopic (exact) mass is 288 g/mol. The van der Waals surface area contributed by atoms with Crippen molar-refractivity contribution in [1.29, 1.82) is 0 Å². The van der Waals surface area contributed by atoms with Crippen LogP contribution in [0.2, 0.25) is 0 Å². The fraction of sp³-hybridized carbons (Fsp3) is 0.467. The second-order valence-corrected chi connectivity index (χ2v) is 6.14. The van der Waals surface area contributed by atoms with Crippen molar-refractivity contribution in [3.8, 4) is 11.3 Å². The minimum absolute atomic E-state index is 0.428. The molecule has 3 rings (SSSR count). The minimum Gasteiger partial charge on any atom is -0.385 e. The number of benzene rings is 1. The molecule has 1 heterocycles. The van der Waals surface area contributed by atoms with Crippen LogP contribution in [0.3, 0.4) is 0 Å². The summed E-state index contributed by atoms with van der Waals surface area (Å²) in [6, 6.07) is 8.84. The average molecular weight is 288 g/mol. The first kappa shape index (κ1) is 13.5. The number of nitrogens with one attached hydrogen (secondary N) is 1. The lowest BCUT2D eigenvalue weighted by Gasteiger charge is -2.26. The van der Waals surface area contributed by atoms with Gasteiger partial charge in [-0.3, -0.25) is 0 Å². The molecule has 0 amide bonds. The zero-order valence-electron chi connectivity index (χ0n) is 11.5. The number of nitrogens with two attached hydrogens (primary N) is 1. The summed E-state index contributed by atoms with van der Waals surface area (Å²) in [5.74, 6) is 0.761. The Balaban J connectivity index is 1.53. The van der Waals surface area contributed by atoms with E-state index < -0.39 is 0 Å². The molecule has 1 aliphatic rings. The van der Waals surface area contributed by atoms with Crippen LogP contribution in [-0.4, -0.2) is 22.2 Å². The number of aromatic nitrogens is 2. The first-order valence-corrected chi connectivity index (χ1v) is 8.02. The van der Waals surface area contributed by atoms with E-state index in [1.54, 1.807) is 0 Å². The van der Waals surface area contributed by atoms with Crippen LogP contribution < -0.4 is 11.1 Å². The first-order valence-electron chi connectivity index (χ1n) is 7.18. The van der Waals surface area contributed by atoms with Crippen LogP contribution in [0, 0.1) is 5.92 Å². The van der Waals surface area contributed by atoms with E-state index >= 15 is 0 Å². The number of hydrogen-bond donors (Lipinski definition) is 2. The van der Waals surface area contributed by atoms with Crippen molar-refractivity contribution in [3.63, 3.8) is 0 Å². The Morgan fingerprint density at radius 2 is 1.90 bits per heavy atom. The number of hydrogen-bond acceptors (Lipinski definition) is 5. The summed E-state index contributed by atoms with van der Waals surface area (Å²) in [5.41, 5.74) is 9.18. The van der Waals surface area contributed by atoms with E-state index in [1.807, 2.05) is 5.38 Å². The van der Waals surface area contributed by atoms with E-state index in [0.29, 0.717) is 6.04 Å². The van der Waals surface area contributed by atoms with Gasteiger partial charge in [0, 0.05) is 29.2 Å². The molecule has 1 saturated carbocycles. The molecule has 0 atom stereocenters. The number of nitrogens with zero attached hydrogens (tertiary/aromatic N) is 2. The summed E-state index contributed by atoms with van der Waals surface area (Å²) in [4.78, 5) is 0. The SMILES string of the molecule is N[C@H]1CC[C@H](CNc2ccc(-c3csnn3)cc2)CC1. The summed E-state index contributed by atoms with van der Waals surface area (Å²) in [5, 5.41) is 9.57. The summed E-state index contributed by atoms with van der Waals surface area (Å²) >= 11 is 1.38. The van der Waals surface area contributed by atoms with Gasteiger partial charge in [0.15, 0.2) is 0 Å². The van der Waals surface area contributed by atoms with Gasteiger partial charge in [0.1, 0.15) is 5.69 Å². The smallest absolute Gasteiger partial charge is 0.105 e. The summed E-state index contributed by atoms with van der Waals surface area (Å²) in [6.07, 6.45) is 4.83. The molecule has 0 spiro atoms. The topological polar surface area (TPSA) is 63.8 Å². The maximum absolute atomic E-state index is 5.94. The van der Waals surface area contributed by atoms with Gasteiger partial charge >= 0.3 is 0 Å². The van der Waals surface area contributed by atoms with Crippen molar-refractivity contribution in [1.82, 2.24) is 9.59 Å². The lowest BCUT2D eigenvalue weighted by molar-refractivity contribution is 0.339. The van der Waals surface area contributed by atoms with Crippen molar-refractivity contribution < 1.29 is 0 Å². The van der Waals surface area contributed by atoms with Gasteiger partial charge in [-0.05, 0) is 55.3 Å². The molecular formula is C15H20N4S. The molecule has 4 nitrogen and oxygen atoms in total. The molecular weight excluding hydrogens is 268 g/mol. The van der Waals surface area contributed by atoms with Gasteiger partial charge in [0.25, 0.3) is 0 Å². The minimum atomic E-state index is 0.428. The van der Waals surface area contributed by atoms with E-state index in [-0.39, 0.29) is 0 Å². The molecule has 0 radical (unpaired) electrons. The Bertz CT molecular complexity index is 515. The van der Waals surface area contributed by atoms with Crippen LogP contribution in [0.15, 0.2) is 29.6 Å². The Labute approximate surface area is 123 Å². The maximum atomic E-state index is 5.94. The summed E-state index contributed by atoms with van der Waals surface area (Å²) in [6.45, 7) is 1.05. The molecule has 0 unspecified atom stereocenters. The molecule has 1 aliphatic carbocycles. The molecule has 1 aromatic carbocycles. The standard InChI is InChI=1S/C15H20N4S/c16-13-5-1-11(2-6-13)9-17-14-7-3-12(4-8-14)15-10-20-19-18-15/h3-4,7-8,10-11,13,17H,1-2,5-6,9,16H2/t11-,13-. The predicted octanol–water partition coefficient (Wildman–Crippen LogP) is 3.13. The Hall–Kier alpha value is -1.46. The van der Waals surface area contributed by atoms with Crippen LogP contribution in [0.4, 0.5) is 5.69 Å². The summed E-state index contributed by atoms with van der Waals surface area (Å²) in [7, 11) is 0. The molecule has 3 N–H and O–H groups in total. The molecule has 0 aliphatic heterocycles. The highest BCUT2D eigenvalue weighted by atomic mass is 32.1. The van der Waals surface area contributed by atoms with E-state index in [2.05, 4.69) is 39.2 Å². The highest BCUT2D eigenvalue weighted by Crippen LogP contribution is 2.24. The normalized spacial score (nSPS) is 22.6. The van der Waals surface area contributed by atoms with Crippen LogP contribution in [0.5, 0.6) is 0 Å². The molecule has 2 aromatic rings. The van der Waals surface area contributed by atoms with E-state index in [0.717, 1.165) is 23.7 Å². The average Bonchev–Trinajstić information content (AvgIpc) is 3.01. The highest BCUT2D eigenvalue weighted by Gasteiger charge is 2.17. The largest absolute Gasteiger partial charge is 0.385 e. The van der Waals surface area contributed by atoms with Crippen LogP contribution in [-0.2, 0) is 0 Å². The van der Waals surface area contributed by atoms with Crippen molar-refractivity contribution in [2.75, 3.05) is 11.9 Å². The van der Waals surface area contributed by atoms with Gasteiger partial charge in [-0.25, -0.2) is 0 Å². The zero-order valence-corrected chi connectivity index (χ0v) is 12.3. The third-order valence-electron chi connectivity index (χ3n) is 4.03. The van der Waals surface area contributed by atoms with Gasteiger partial charge in [-0.15, -0.1) is 5.10 Å². The number of anilines is 1. The fourth-order valence-electron chi connectivity index (χ4n) is 2.70. The van der Waals surface area contributed by atoms with Crippen molar-refractivity contribution in [2.24, 2.45) is 11.7 Å². The van der Waals surface area contributed by atoms with E-state index in [1.165, 1.54) is 42.9 Å². The highest BCUT2D eigenvalue weighted by molar-refractivity contribution is 7.03. The van der Waals surface area contributed by atoms with Crippen molar-refractivity contribution >= 4 is 17.2 Å². The van der Waals surface area contributed by atoms with Gasteiger partial charge < -0.3 is 11.1 Å². The van der Waals surface area contributed by atoms with Crippen LogP contribution in [0.25, 0.3) is 11.3 Å². The first-order chi connectivity index (χ1) is 9.81. The van der Waals surface area contributed by atoms with Gasteiger partial charge in [0.2, 0.25) is 0 Å². The second-order valence-electron chi connectivity index (χ2n) is 5.53.